The molecule has 0 atom stereocenters. The lowest BCUT2D eigenvalue weighted by Gasteiger charge is -2.28. The van der Waals surface area contributed by atoms with Crippen LogP contribution in [0.3, 0.4) is 0 Å². The fourth-order valence-electron chi connectivity index (χ4n) is 2.03. The van der Waals surface area contributed by atoms with Gasteiger partial charge in [-0.15, -0.1) is 0 Å². The molecule has 0 saturated carbocycles. The highest BCUT2D eigenvalue weighted by atomic mass is 28.4. The van der Waals surface area contributed by atoms with Crippen molar-refractivity contribution in [2.45, 2.75) is 38.9 Å². The highest BCUT2D eigenvalue weighted by molar-refractivity contribution is 6.73. The Bertz CT molecular complexity index is 267. The van der Waals surface area contributed by atoms with E-state index in [4.69, 9.17) is 4.43 Å². The fraction of sp³-hybridized carbons (Fsp3) is 0.538. The average molecular weight is 222 g/mol. The lowest BCUT2D eigenvalue weighted by molar-refractivity contribution is 0.319. The highest BCUT2D eigenvalue weighted by Gasteiger charge is 2.30. The predicted molar refractivity (Wildman–Crippen MR) is 68.5 cm³/mol. The minimum atomic E-state index is -1.48. The zero-order valence-electron chi connectivity index (χ0n) is 10.1. The van der Waals surface area contributed by atoms with E-state index >= 15 is 0 Å². The van der Waals surface area contributed by atoms with Crippen molar-refractivity contribution in [3.8, 4) is 0 Å². The van der Waals surface area contributed by atoms with E-state index in [1.54, 1.807) is 0 Å². The molecule has 0 N–H and O–H groups in total. The molecule has 0 spiro atoms. The van der Waals surface area contributed by atoms with Crippen molar-refractivity contribution in [3.05, 3.63) is 35.9 Å². The van der Waals surface area contributed by atoms with E-state index in [1.807, 2.05) is 0 Å². The van der Waals surface area contributed by atoms with E-state index in [-0.39, 0.29) is 0 Å². The molecule has 0 saturated heterocycles. The highest BCUT2D eigenvalue weighted by Crippen LogP contribution is 2.22. The average Bonchev–Trinajstić information content (AvgIpc) is 2.30. The summed E-state index contributed by atoms with van der Waals surface area (Å²) in [6.07, 6.45) is 0. The molecule has 0 amide bonds. The topological polar surface area (TPSA) is 9.23 Å². The van der Waals surface area contributed by atoms with Gasteiger partial charge < -0.3 is 4.43 Å². The van der Waals surface area contributed by atoms with Crippen molar-refractivity contribution in [1.29, 1.82) is 0 Å². The molecule has 0 heterocycles. The van der Waals surface area contributed by atoms with Crippen LogP contribution in [-0.2, 0) is 10.5 Å². The third-order valence-electron chi connectivity index (χ3n) is 3.11. The first-order valence-corrected chi connectivity index (χ1v) is 8.47. The summed E-state index contributed by atoms with van der Waals surface area (Å²) in [7, 11) is -1.48. The number of rotatable bonds is 6. The van der Waals surface area contributed by atoms with Gasteiger partial charge >= 0.3 is 0 Å². The first-order valence-electron chi connectivity index (χ1n) is 5.94. The molecule has 0 bridgehead atoms. The van der Waals surface area contributed by atoms with Gasteiger partial charge in [0.2, 0.25) is 0 Å². The maximum Gasteiger partial charge on any atom is 0.196 e. The van der Waals surface area contributed by atoms with Gasteiger partial charge in [0.05, 0.1) is 0 Å². The van der Waals surface area contributed by atoms with E-state index in [0.717, 1.165) is 12.7 Å². The molecular weight excluding hydrogens is 200 g/mol. The Morgan fingerprint density at radius 2 is 1.60 bits per heavy atom. The van der Waals surface area contributed by atoms with Crippen molar-refractivity contribution in [2.75, 3.05) is 6.61 Å². The number of benzene rings is 1. The van der Waals surface area contributed by atoms with E-state index < -0.39 is 8.32 Å². The molecule has 0 aromatic heterocycles. The van der Waals surface area contributed by atoms with E-state index in [9.17, 15) is 0 Å². The summed E-state index contributed by atoms with van der Waals surface area (Å²) in [6.45, 7) is 7.52. The van der Waals surface area contributed by atoms with Crippen molar-refractivity contribution in [1.82, 2.24) is 0 Å². The molecular formula is C13H22OSi. The maximum absolute atomic E-state index is 6.07. The molecule has 15 heavy (non-hydrogen) atoms. The van der Waals surface area contributed by atoms with Crippen LogP contribution in [0.1, 0.15) is 26.3 Å². The Kier molecular flexibility index (Phi) is 5.06. The molecule has 1 aromatic carbocycles. The minimum Gasteiger partial charge on any atom is -0.417 e. The normalized spacial score (nSPS) is 11.7. The summed E-state index contributed by atoms with van der Waals surface area (Å²) in [6, 6.07) is 14.3. The second kappa shape index (κ2) is 6.08. The lowest BCUT2D eigenvalue weighted by Crippen LogP contribution is -2.39. The van der Waals surface area contributed by atoms with Crippen molar-refractivity contribution >= 4 is 8.32 Å². The van der Waals surface area contributed by atoms with E-state index in [2.05, 4.69) is 51.1 Å². The van der Waals surface area contributed by atoms with Crippen molar-refractivity contribution < 1.29 is 4.43 Å². The van der Waals surface area contributed by atoms with Crippen LogP contribution in [0.5, 0.6) is 0 Å². The maximum atomic E-state index is 6.07. The Morgan fingerprint density at radius 3 is 2.07 bits per heavy atom. The van der Waals surface area contributed by atoms with Crippen LogP contribution >= 0.6 is 0 Å². The van der Waals surface area contributed by atoms with Gasteiger partial charge in [-0.05, 0) is 30.6 Å². The van der Waals surface area contributed by atoms with Gasteiger partial charge in [-0.3, -0.25) is 0 Å². The van der Waals surface area contributed by atoms with Gasteiger partial charge in [0.15, 0.2) is 8.32 Å². The van der Waals surface area contributed by atoms with Gasteiger partial charge in [-0.1, -0.05) is 44.2 Å². The lowest BCUT2D eigenvalue weighted by atomic mass is 10.2. The first-order chi connectivity index (χ1) is 7.26. The molecule has 0 fully saturated rings. The Morgan fingerprint density at radius 1 is 1.00 bits per heavy atom. The van der Waals surface area contributed by atoms with Crippen LogP contribution in [0.4, 0.5) is 0 Å². The third kappa shape index (κ3) is 3.47. The van der Waals surface area contributed by atoms with Crippen LogP contribution in [0.25, 0.3) is 0 Å². The molecule has 1 rings (SSSR count). The largest absolute Gasteiger partial charge is 0.417 e. The van der Waals surface area contributed by atoms with E-state index in [1.165, 1.54) is 17.7 Å². The Balaban J connectivity index is 2.74. The van der Waals surface area contributed by atoms with Crippen LogP contribution in [0.15, 0.2) is 30.3 Å². The summed E-state index contributed by atoms with van der Waals surface area (Å²) in [5, 5.41) is 0. The molecule has 84 valence electrons. The fourth-order valence-corrected chi connectivity index (χ4v) is 5.13. The Hall–Kier alpha value is -0.603. The SMILES string of the molecule is CCO[Si](CC)(CC)Cc1ccccc1. The van der Waals surface area contributed by atoms with Gasteiger partial charge in [0.1, 0.15) is 0 Å². The quantitative estimate of drug-likeness (QED) is 0.665. The molecule has 0 aliphatic heterocycles. The van der Waals surface area contributed by atoms with Crippen molar-refractivity contribution in [2.24, 2.45) is 0 Å². The molecule has 0 unspecified atom stereocenters. The zero-order valence-corrected chi connectivity index (χ0v) is 11.1. The van der Waals surface area contributed by atoms with Gasteiger partial charge in [-0.2, -0.15) is 0 Å². The predicted octanol–water partition coefficient (Wildman–Crippen LogP) is 3.79. The molecule has 1 nitrogen and oxygen atoms in total. The van der Waals surface area contributed by atoms with Crippen LogP contribution < -0.4 is 0 Å². The first kappa shape index (κ1) is 12.5. The summed E-state index contributed by atoms with van der Waals surface area (Å²) in [5.74, 6) is 0. The molecule has 0 aliphatic rings. The summed E-state index contributed by atoms with van der Waals surface area (Å²) in [5.41, 5.74) is 1.43. The van der Waals surface area contributed by atoms with Gasteiger partial charge in [0, 0.05) is 6.61 Å². The summed E-state index contributed by atoms with van der Waals surface area (Å²) >= 11 is 0. The molecule has 0 radical (unpaired) electrons. The second-order valence-electron chi connectivity index (χ2n) is 3.99. The smallest absolute Gasteiger partial charge is 0.196 e. The standard InChI is InChI=1S/C13H22OSi/c1-4-14-15(5-2,6-3)12-13-10-8-7-9-11-13/h7-11H,4-6,12H2,1-3H3. The van der Waals surface area contributed by atoms with Crippen molar-refractivity contribution in [3.63, 3.8) is 0 Å². The Labute approximate surface area is 94.6 Å². The zero-order chi connectivity index (χ0) is 11.1. The van der Waals surface area contributed by atoms with Crippen LogP contribution in [0.2, 0.25) is 12.1 Å². The third-order valence-corrected chi connectivity index (χ3v) is 7.64. The monoisotopic (exact) mass is 222 g/mol. The number of hydrogen-bond acceptors (Lipinski definition) is 1. The summed E-state index contributed by atoms with van der Waals surface area (Å²) < 4.78 is 6.07. The van der Waals surface area contributed by atoms with Gasteiger partial charge in [-0.25, -0.2) is 0 Å². The molecule has 0 aliphatic carbocycles. The molecule has 1 aromatic rings. The van der Waals surface area contributed by atoms with E-state index in [0.29, 0.717) is 0 Å². The minimum absolute atomic E-state index is 0.862. The number of hydrogen-bond donors (Lipinski definition) is 0. The van der Waals surface area contributed by atoms with Gasteiger partial charge in [0.25, 0.3) is 0 Å². The summed E-state index contributed by atoms with van der Waals surface area (Å²) in [4.78, 5) is 0. The second-order valence-corrected chi connectivity index (χ2v) is 8.41. The van der Waals surface area contributed by atoms with Crippen LogP contribution in [0, 0.1) is 0 Å². The van der Waals surface area contributed by atoms with Crippen LogP contribution in [-0.4, -0.2) is 14.9 Å². The molecule has 2 heteroatoms.